The summed E-state index contributed by atoms with van der Waals surface area (Å²) < 4.78 is 0. The molecule has 0 bridgehead atoms. The average molecular weight is 410 g/mol. The number of benzene rings is 2. The second-order valence-corrected chi connectivity index (χ2v) is 8.63. The van der Waals surface area contributed by atoms with Crippen LogP contribution in [0, 0.1) is 5.92 Å². The van der Waals surface area contributed by atoms with Gasteiger partial charge in [0.15, 0.2) is 0 Å². The first-order valence-corrected chi connectivity index (χ1v) is 10.6. The number of hydrogen-bond donors (Lipinski definition) is 2. The number of nitrogens with one attached hydrogen (secondary N) is 1. The lowest BCUT2D eigenvalue weighted by molar-refractivity contribution is -0.121. The summed E-state index contributed by atoms with van der Waals surface area (Å²) in [5, 5.41) is 3.13. The molecule has 0 saturated heterocycles. The van der Waals surface area contributed by atoms with Crippen LogP contribution < -0.4 is 11.1 Å². The van der Waals surface area contributed by atoms with E-state index in [0.717, 1.165) is 18.4 Å². The zero-order chi connectivity index (χ0) is 22.1. The number of carbonyl (C=O) groups excluding carboxylic acids is 2. The van der Waals surface area contributed by atoms with Gasteiger partial charge in [-0.15, -0.1) is 0 Å². The highest BCUT2D eigenvalue weighted by Crippen LogP contribution is 2.27. The Morgan fingerprint density at radius 3 is 2.17 bits per heavy atom. The van der Waals surface area contributed by atoms with Crippen molar-refractivity contribution in [3.05, 3.63) is 71.3 Å². The number of amides is 2. The molecule has 2 rings (SSSR count). The summed E-state index contributed by atoms with van der Waals surface area (Å²) in [5.41, 5.74) is 8.15. The lowest BCUT2D eigenvalue weighted by atomic mass is 9.87. The zero-order valence-corrected chi connectivity index (χ0v) is 18.6. The van der Waals surface area contributed by atoms with Crippen LogP contribution in [0.4, 0.5) is 0 Å². The molecule has 3 N–H and O–H groups in total. The molecule has 0 aliphatic carbocycles. The lowest BCUT2D eigenvalue weighted by Crippen LogP contribution is -2.42. The van der Waals surface area contributed by atoms with Crippen LogP contribution in [-0.2, 0) is 11.2 Å². The number of hydrogen-bond acceptors (Lipinski definition) is 3. The van der Waals surface area contributed by atoms with Crippen molar-refractivity contribution in [3.8, 4) is 0 Å². The van der Waals surface area contributed by atoms with Crippen molar-refractivity contribution < 1.29 is 9.59 Å². The molecule has 5 heteroatoms. The Morgan fingerprint density at radius 2 is 1.63 bits per heavy atom. The standard InChI is InChI=1S/C25H35N3O2/c1-18(2)14-22(20-8-6-5-7-9-20)16-24(29)27-17-23(28(3)4)15-19-10-12-21(13-11-19)25(26)30/h5-13,18,22-23H,14-17H2,1-4H3,(H2,26,30)(H,27,29). The predicted octanol–water partition coefficient (Wildman–Crippen LogP) is 3.59. The maximum atomic E-state index is 12.7. The molecule has 0 aliphatic heterocycles. The minimum absolute atomic E-state index is 0.0837. The Morgan fingerprint density at radius 1 is 1.00 bits per heavy atom. The summed E-state index contributed by atoms with van der Waals surface area (Å²) >= 11 is 0. The molecular weight excluding hydrogens is 374 g/mol. The minimum Gasteiger partial charge on any atom is -0.366 e. The van der Waals surface area contributed by atoms with Gasteiger partial charge in [-0.2, -0.15) is 0 Å². The normalized spacial score (nSPS) is 13.3. The molecule has 5 nitrogen and oxygen atoms in total. The summed E-state index contributed by atoms with van der Waals surface area (Å²) in [7, 11) is 4.03. The molecule has 2 atom stereocenters. The Balaban J connectivity index is 1.95. The third kappa shape index (κ3) is 7.64. The van der Waals surface area contributed by atoms with Crippen molar-refractivity contribution in [3.63, 3.8) is 0 Å². The largest absolute Gasteiger partial charge is 0.366 e. The van der Waals surface area contributed by atoms with Gasteiger partial charge in [0.05, 0.1) is 0 Å². The number of rotatable bonds is 11. The molecule has 0 aliphatic rings. The summed E-state index contributed by atoms with van der Waals surface area (Å²) in [6.45, 7) is 4.96. The van der Waals surface area contributed by atoms with Crippen LogP contribution in [0.5, 0.6) is 0 Å². The average Bonchev–Trinajstić information content (AvgIpc) is 2.71. The van der Waals surface area contributed by atoms with Gasteiger partial charge in [0.25, 0.3) is 0 Å². The first-order chi connectivity index (χ1) is 14.3. The third-order valence-electron chi connectivity index (χ3n) is 5.43. The fourth-order valence-corrected chi connectivity index (χ4v) is 3.67. The monoisotopic (exact) mass is 409 g/mol. The smallest absolute Gasteiger partial charge is 0.248 e. The Bertz CT molecular complexity index is 801. The van der Waals surface area contributed by atoms with Crippen LogP contribution >= 0.6 is 0 Å². The summed E-state index contributed by atoms with van der Waals surface area (Å²) in [5.74, 6) is 0.416. The lowest BCUT2D eigenvalue weighted by Gasteiger charge is -2.26. The molecule has 0 saturated carbocycles. The second-order valence-electron chi connectivity index (χ2n) is 8.63. The summed E-state index contributed by atoms with van der Waals surface area (Å²) in [6, 6.07) is 17.8. The molecule has 2 unspecified atom stereocenters. The molecule has 0 heterocycles. The van der Waals surface area contributed by atoms with Crippen molar-refractivity contribution >= 4 is 11.8 Å². The number of likely N-dealkylation sites (N-methyl/N-ethyl adjacent to an activating group) is 1. The highest BCUT2D eigenvalue weighted by atomic mass is 16.1. The second kappa shape index (κ2) is 11.5. The third-order valence-corrected chi connectivity index (χ3v) is 5.43. The quantitative estimate of drug-likeness (QED) is 0.595. The van der Waals surface area contributed by atoms with E-state index in [-0.39, 0.29) is 17.9 Å². The van der Waals surface area contributed by atoms with Gasteiger partial charge in [-0.3, -0.25) is 9.59 Å². The van der Waals surface area contributed by atoms with E-state index in [9.17, 15) is 9.59 Å². The van der Waals surface area contributed by atoms with Crippen LogP contribution in [0.1, 0.15) is 54.1 Å². The van der Waals surface area contributed by atoms with E-state index in [2.05, 4.69) is 36.2 Å². The molecule has 30 heavy (non-hydrogen) atoms. The first kappa shape index (κ1) is 23.6. The fraction of sp³-hybridized carbons (Fsp3) is 0.440. The molecule has 0 spiro atoms. The van der Waals surface area contributed by atoms with Crippen molar-refractivity contribution in [1.29, 1.82) is 0 Å². The highest BCUT2D eigenvalue weighted by Gasteiger charge is 2.19. The van der Waals surface area contributed by atoms with Crippen LogP contribution in [-0.4, -0.2) is 43.4 Å². The van der Waals surface area contributed by atoms with Gasteiger partial charge >= 0.3 is 0 Å². The number of nitrogens with two attached hydrogens (primary N) is 1. The SMILES string of the molecule is CC(C)CC(CC(=O)NCC(Cc1ccc(C(N)=O)cc1)N(C)C)c1ccccc1. The van der Waals surface area contributed by atoms with Crippen molar-refractivity contribution in [1.82, 2.24) is 10.2 Å². The molecule has 162 valence electrons. The van der Waals surface area contributed by atoms with Gasteiger partial charge in [-0.05, 0) is 62.0 Å². The molecule has 0 fully saturated rings. The number of carbonyl (C=O) groups is 2. The maximum Gasteiger partial charge on any atom is 0.248 e. The van der Waals surface area contributed by atoms with E-state index in [1.54, 1.807) is 12.1 Å². The van der Waals surface area contributed by atoms with Crippen molar-refractivity contribution in [2.24, 2.45) is 11.7 Å². The number of nitrogens with zero attached hydrogens (tertiary/aromatic N) is 1. The Kier molecular flexibility index (Phi) is 9.06. The summed E-state index contributed by atoms with van der Waals surface area (Å²) in [6.07, 6.45) is 2.26. The van der Waals surface area contributed by atoms with Gasteiger partial charge in [-0.25, -0.2) is 0 Å². The van der Waals surface area contributed by atoms with Crippen LogP contribution in [0.2, 0.25) is 0 Å². The number of primary amides is 1. The van der Waals surface area contributed by atoms with E-state index in [4.69, 9.17) is 5.73 Å². The first-order valence-electron chi connectivity index (χ1n) is 10.6. The molecule has 0 radical (unpaired) electrons. The van der Waals surface area contributed by atoms with E-state index < -0.39 is 5.91 Å². The van der Waals surface area contributed by atoms with Crippen LogP contribution in [0.15, 0.2) is 54.6 Å². The Labute approximate surface area is 180 Å². The van der Waals surface area contributed by atoms with Gasteiger partial charge in [0.2, 0.25) is 11.8 Å². The molecule has 0 aromatic heterocycles. The fourth-order valence-electron chi connectivity index (χ4n) is 3.67. The maximum absolute atomic E-state index is 12.7. The molecule has 2 amide bonds. The van der Waals surface area contributed by atoms with Gasteiger partial charge in [0, 0.05) is 24.6 Å². The van der Waals surface area contributed by atoms with E-state index >= 15 is 0 Å². The molecule has 2 aromatic carbocycles. The van der Waals surface area contributed by atoms with Crippen molar-refractivity contribution in [2.75, 3.05) is 20.6 Å². The van der Waals surface area contributed by atoms with E-state index in [1.807, 2.05) is 44.4 Å². The van der Waals surface area contributed by atoms with Gasteiger partial charge in [0.1, 0.15) is 0 Å². The van der Waals surface area contributed by atoms with Crippen LogP contribution in [0.25, 0.3) is 0 Å². The summed E-state index contributed by atoms with van der Waals surface area (Å²) in [4.78, 5) is 26.1. The minimum atomic E-state index is -0.424. The van der Waals surface area contributed by atoms with Gasteiger partial charge in [-0.1, -0.05) is 56.3 Å². The molecule has 2 aromatic rings. The van der Waals surface area contributed by atoms with E-state index in [1.165, 1.54) is 5.56 Å². The predicted molar refractivity (Wildman–Crippen MR) is 122 cm³/mol. The van der Waals surface area contributed by atoms with Crippen LogP contribution in [0.3, 0.4) is 0 Å². The topological polar surface area (TPSA) is 75.4 Å². The van der Waals surface area contributed by atoms with E-state index in [0.29, 0.717) is 24.4 Å². The Hall–Kier alpha value is -2.66. The highest BCUT2D eigenvalue weighted by molar-refractivity contribution is 5.92. The van der Waals surface area contributed by atoms with Crippen molar-refractivity contribution in [2.45, 2.75) is 45.1 Å². The van der Waals surface area contributed by atoms with Gasteiger partial charge < -0.3 is 16.0 Å². The molecular formula is C25H35N3O2. The zero-order valence-electron chi connectivity index (χ0n) is 18.6.